The Bertz CT molecular complexity index is 371. The lowest BCUT2D eigenvalue weighted by atomic mass is 10.0. The van der Waals surface area contributed by atoms with Crippen LogP contribution in [0.1, 0.15) is 32.3 Å². The molecule has 108 valence electrons. The number of halogens is 2. The van der Waals surface area contributed by atoms with Gasteiger partial charge in [-0.15, -0.1) is 0 Å². The van der Waals surface area contributed by atoms with Crippen LogP contribution in [0.4, 0.5) is 8.78 Å². The minimum atomic E-state index is -0.393. The van der Waals surface area contributed by atoms with Gasteiger partial charge in [0, 0.05) is 19.3 Å². The van der Waals surface area contributed by atoms with Gasteiger partial charge in [0.05, 0.1) is 0 Å². The second-order valence-electron chi connectivity index (χ2n) is 4.58. The first kappa shape index (κ1) is 16.1. The molecule has 1 aromatic carbocycles. The molecule has 0 amide bonds. The van der Waals surface area contributed by atoms with Crippen LogP contribution in [0, 0.1) is 11.6 Å². The van der Waals surface area contributed by atoms with Crippen LogP contribution in [0.15, 0.2) is 18.2 Å². The molecule has 1 N–H and O–H groups in total. The van der Waals surface area contributed by atoms with Crippen molar-refractivity contribution in [3.05, 3.63) is 35.4 Å². The number of rotatable bonds is 9. The van der Waals surface area contributed by atoms with Crippen molar-refractivity contribution < 1.29 is 13.5 Å². The van der Waals surface area contributed by atoms with E-state index in [1.807, 2.05) is 6.92 Å². The topological polar surface area (TPSA) is 21.3 Å². The maximum absolute atomic E-state index is 13.6. The van der Waals surface area contributed by atoms with E-state index in [0.717, 1.165) is 25.5 Å². The summed E-state index contributed by atoms with van der Waals surface area (Å²) in [5.74, 6) is -0.739. The fourth-order valence-electron chi connectivity index (χ4n) is 1.96. The fourth-order valence-corrected chi connectivity index (χ4v) is 1.96. The molecule has 0 aliphatic carbocycles. The first-order valence-electron chi connectivity index (χ1n) is 6.92. The summed E-state index contributed by atoms with van der Waals surface area (Å²) in [6.07, 6.45) is 2.29. The van der Waals surface area contributed by atoms with Crippen molar-refractivity contribution in [3.63, 3.8) is 0 Å². The van der Waals surface area contributed by atoms with E-state index in [9.17, 15) is 8.78 Å². The van der Waals surface area contributed by atoms with Gasteiger partial charge in [-0.25, -0.2) is 8.78 Å². The maximum atomic E-state index is 13.6. The first-order chi connectivity index (χ1) is 9.17. The second-order valence-corrected chi connectivity index (χ2v) is 4.58. The van der Waals surface area contributed by atoms with Crippen LogP contribution in [-0.4, -0.2) is 25.8 Å². The smallest absolute Gasteiger partial charge is 0.126 e. The van der Waals surface area contributed by atoms with Gasteiger partial charge >= 0.3 is 0 Å². The van der Waals surface area contributed by atoms with Crippen LogP contribution >= 0.6 is 0 Å². The third kappa shape index (κ3) is 6.12. The third-order valence-corrected chi connectivity index (χ3v) is 2.97. The molecule has 0 radical (unpaired) electrons. The van der Waals surface area contributed by atoms with Gasteiger partial charge < -0.3 is 10.1 Å². The van der Waals surface area contributed by atoms with Gasteiger partial charge in [-0.05, 0) is 56.5 Å². The van der Waals surface area contributed by atoms with Crippen molar-refractivity contribution in [2.75, 3.05) is 19.8 Å². The summed E-state index contributed by atoms with van der Waals surface area (Å²) in [4.78, 5) is 0. The minimum Gasteiger partial charge on any atom is -0.382 e. The molecule has 1 rings (SSSR count). The summed E-state index contributed by atoms with van der Waals surface area (Å²) in [7, 11) is 0. The molecule has 2 nitrogen and oxygen atoms in total. The number of benzene rings is 1. The lowest BCUT2D eigenvalue weighted by Gasteiger charge is -2.19. The van der Waals surface area contributed by atoms with E-state index in [1.165, 1.54) is 12.1 Å². The van der Waals surface area contributed by atoms with Crippen molar-refractivity contribution >= 4 is 0 Å². The quantitative estimate of drug-likeness (QED) is 0.696. The zero-order valence-corrected chi connectivity index (χ0v) is 11.7. The highest BCUT2D eigenvalue weighted by molar-refractivity contribution is 5.19. The Balaban J connectivity index is 2.61. The van der Waals surface area contributed by atoms with Crippen LogP contribution in [0.2, 0.25) is 0 Å². The van der Waals surface area contributed by atoms with Crippen molar-refractivity contribution in [1.82, 2.24) is 5.32 Å². The molecule has 0 spiro atoms. The largest absolute Gasteiger partial charge is 0.382 e. The molecule has 1 unspecified atom stereocenters. The normalized spacial score (nSPS) is 12.6. The average molecular weight is 271 g/mol. The Labute approximate surface area is 114 Å². The lowest BCUT2D eigenvalue weighted by Crippen LogP contribution is -2.33. The number of ether oxygens (including phenoxy) is 1. The Morgan fingerprint density at radius 3 is 2.74 bits per heavy atom. The third-order valence-electron chi connectivity index (χ3n) is 2.97. The monoisotopic (exact) mass is 271 g/mol. The summed E-state index contributed by atoms with van der Waals surface area (Å²) in [6, 6.07) is 3.72. The van der Waals surface area contributed by atoms with E-state index in [1.54, 1.807) is 0 Å². The first-order valence-corrected chi connectivity index (χ1v) is 6.92. The van der Waals surface area contributed by atoms with Gasteiger partial charge in [0.2, 0.25) is 0 Å². The van der Waals surface area contributed by atoms with Crippen LogP contribution in [0.3, 0.4) is 0 Å². The van der Waals surface area contributed by atoms with Gasteiger partial charge in [-0.2, -0.15) is 0 Å². The molecule has 0 saturated carbocycles. The van der Waals surface area contributed by atoms with Crippen LogP contribution < -0.4 is 5.32 Å². The van der Waals surface area contributed by atoms with E-state index < -0.39 is 5.82 Å². The van der Waals surface area contributed by atoms with Gasteiger partial charge in [0.25, 0.3) is 0 Å². The number of nitrogens with one attached hydrogen (secondary N) is 1. The molecule has 0 saturated heterocycles. The maximum Gasteiger partial charge on any atom is 0.126 e. The molecule has 1 aromatic rings. The molecule has 1 atom stereocenters. The van der Waals surface area contributed by atoms with E-state index in [4.69, 9.17) is 4.74 Å². The van der Waals surface area contributed by atoms with Gasteiger partial charge in [0.15, 0.2) is 0 Å². The molecule has 0 aliphatic heterocycles. The zero-order chi connectivity index (χ0) is 14.1. The minimum absolute atomic E-state index is 0.114. The molecular formula is C15H23F2NO. The molecular weight excluding hydrogens is 248 g/mol. The Kier molecular flexibility index (Phi) is 7.60. The molecule has 0 heterocycles. The summed E-state index contributed by atoms with van der Waals surface area (Å²) in [5.41, 5.74) is 0.421. The highest BCUT2D eigenvalue weighted by Gasteiger charge is 2.12. The standard InChI is InChI=1S/C15H23F2NO/c1-3-8-18-14(7-9-19-4-2)11-12-10-13(16)5-6-15(12)17/h5-6,10,14,18H,3-4,7-9,11H2,1-2H3. The lowest BCUT2D eigenvalue weighted by molar-refractivity contribution is 0.136. The molecule has 0 fully saturated rings. The molecule has 19 heavy (non-hydrogen) atoms. The Morgan fingerprint density at radius 1 is 1.26 bits per heavy atom. The molecule has 0 aromatic heterocycles. The highest BCUT2D eigenvalue weighted by Crippen LogP contribution is 2.13. The Hall–Kier alpha value is -1.00. The molecule has 4 heteroatoms. The van der Waals surface area contributed by atoms with E-state index in [0.29, 0.717) is 25.2 Å². The van der Waals surface area contributed by atoms with Crippen molar-refractivity contribution in [3.8, 4) is 0 Å². The predicted octanol–water partition coefficient (Wildman–Crippen LogP) is 3.30. The van der Waals surface area contributed by atoms with E-state index >= 15 is 0 Å². The molecule has 0 aliphatic rings. The average Bonchev–Trinajstić information content (AvgIpc) is 2.40. The number of hydrogen-bond donors (Lipinski definition) is 1. The van der Waals surface area contributed by atoms with Crippen molar-refractivity contribution in [2.24, 2.45) is 0 Å². The van der Waals surface area contributed by atoms with Gasteiger partial charge in [0.1, 0.15) is 11.6 Å². The van der Waals surface area contributed by atoms with Crippen molar-refractivity contribution in [1.29, 1.82) is 0 Å². The summed E-state index contributed by atoms with van der Waals surface area (Å²) < 4.78 is 32.1. The SMILES string of the molecule is CCCNC(CCOCC)Cc1cc(F)ccc1F. The predicted molar refractivity (Wildman–Crippen MR) is 73.3 cm³/mol. The molecule has 0 bridgehead atoms. The summed E-state index contributed by atoms with van der Waals surface area (Å²) >= 11 is 0. The van der Waals surface area contributed by atoms with Gasteiger partial charge in [-0.1, -0.05) is 6.92 Å². The summed E-state index contributed by atoms with van der Waals surface area (Å²) in [5, 5.41) is 3.35. The fraction of sp³-hybridized carbons (Fsp3) is 0.600. The van der Waals surface area contributed by atoms with E-state index in [2.05, 4.69) is 12.2 Å². The summed E-state index contributed by atoms with van der Waals surface area (Å²) in [6.45, 7) is 6.20. The van der Waals surface area contributed by atoms with Crippen molar-refractivity contribution in [2.45, 2.75) is 39.2 Å². The van der Waals surface area contributed by atoms with Crippen LogP contribution in [0.5, 0.6) is 0 Å². The number of hydrogen-bond acceptors (Lipinski definition) is 2. The van der Waals surface area contributed by atoms with E-state index in [-0.39, 0.29) is 11.9 Å². The van der Waals surface area contributed by atoms with Gasteiger partial charge in [-0.3, -0.25) is 0 Å². The van der Waals surface area contributed by atoms with Crippen LogP contribution in [-0.2, 0) is 11.2 Å². The van der Waals surface area contributed by atoms with Crippen LogP contribution in [0.25, 0.3) is 0 Å². The zero-order valence-electron chi connectivity index (χ0n) is 11.7. The second kappa shape index (κ2) is 8.99. The Morgan fingerprint density at radius 2 is 2.05 bits per heavy atom. The highest BCUT2D eigenvalue weighted by atomic mass is 19.1.